The van der Waals surface area contributed by atoms with E-state index in [2.05, 4.69) is 4.98 Å². The lowest BCUT2D eigenvalue weighted by atomic mass is 10.3. The van der Waals surface area contributed by atoms with Crippen LogP contribution in [0, 0.1) is 17.5 Å². The zero-order valence-electron chi connectivity index (χ0n) is 10.5. The van der Waals surface area contributed by atoms with Crippen molar-refractivity contribution in [2.24, 2.45) is 5.73 Å². The lowest BCUT2D eigenvalue weighted by molar-refractivity contribution is 0.449. The molecule has 2 rings (SSSR count). The first kappa shape index (κ1) is 15.3. The molecule has 0 radical (unpaired) electrons. The Labute approximate surface area is 118 Å². The first-order valence-electron chi connectivity index (χ1n) is 5.66. The molecule has 9 heteroatoms. The summed E-state index contributed by atoms with van der Waals surface area (Å²) in [7, 11) is -4.22. The normalized spacial score (nSPS) is 11.4. The molecule has 0 atom stereocenters. The van der Waals surface area contributed by atoms with E-state index in [1.165, 1.54) is 18.3 Å². The average Bonchev–Trinajstić information content (AvgIpc) is 2.48. The summed E-state index contributed by atoms with van der Waals surface area (Å²) in [6.07, 6.45) is 1.25. The third-order valence-electron chi connectivity index (χ3n) is 2.59. The standard InChI is InChI=1S/C12H10F3N3O2S/c13-8-2-3-9(12(15)11(8)14)18-21(19,20)10-4-1-7(5-16)6-17-10/h1-4,6,18H,5,16H2. The van der Waals surface area contributed by atoms with E-state index in [-0.39, 0.29) is 6.54 Å². The van der Waals surface area contributed by atoms with Crippen LogP contribution in [0.15, 0.2) is 35.5 Å². The highest BCUT2D eigenvalue weighted by Crippen LogP contribution is 2.22. The fourth-order valence-electron chi connectivity index (χ4n) is 1.49. The molecule has 0 amide bonds. The summed E-state index contributed by atoms with van der Waals surface area (Å²) in [5, 5.41) is -0.399. The van der Waals surface area contributed by atoms with Crippen molar-refractivity contribution < 1.29 is 21.6 Å². The molecule has 21 heavy (non-hydrogen) atoms. The Kier molecular flexibility index (Phi) is 4.14. The number of nitrogens with zero attached hydrogens (tertiary/aromatic N) is 1. The van der Waals surface area contributed by atoms with Crippen LogP contribution >= 0.6 is 0 Å². The maximum atomic E-state index is 13.4. The molecule has 1 heterocycles. The fraction of sp³-hybridized carbons (Fsp3) is 0.0833. The van der Waals surface area contributed by atoms with Crippen molar-refractivity contribution in [3.8, 4) is 0 Å². The van der Waals surface area contributed by atoms with Crippen LogP contribution < -0.4 is 10.5 Å². The Balaban J connectivity index is 2.35. The molecule has 0 fully saturated rings. The van der Waals surface area contributed by atoms with E-state index in [0.717, 1.165) is 6.07 Å². The summed E-state index contributed by atoms with van der Waals surface area (Å²) in [5.41, 5.74) is 5.25. The molecule has 5 nitrogen and oxygen atoms in total. The van der Waals surface area contributed by atoms with Crippen molar-refractivity contribution in [1.82, 2.24) is 4.98 Å². The second kappa shape index (κ2) is 5.70. The van der Waals surface area contributed by atoms with Crippen molar-refractivity contribution in [3.63, 3.8) is 0 Å². The third kappa shape index (κ3) is 3.14. The zero-order valence-corrected chi connectivity index (χ0v) is 11.3. The Morgan fingerprint density at radius 3 is 2.38 bits per heavy atom. The SMILES string of the molecule is NCc1ccc(S(=O)(=O)Nc2ccc(F)c(F)c2F)nc1. The van der Waals surface area contributed by atoms with Gasteiger partial charge in [-0.25, -0.2) is 18.2 Å². The first-order valence-corrected chi connectivity index (χ1v) is 7.15. The van der Waals surface area contributed by atoms with Gasteiger partial charge >= 0.3 is 0 Å². The molecule has 0 aliphatic carbocycles. The number of nitrogens with one attached hydrogen (secondary N) is 1. The summed E-state index contributed by atoms with van der Waals surface area (Å²) in [5.74, 6) is -4.81. The minimum Gasteiger partial charge on any atom is -0.326 e. The molecular formula is C12H10F3N3O2S. The Bertz CT molecular complexity index is 764. The number of hydrogen-bond donors (Lipinski definition) is 2. The van der Waals surface area contributed by atoms with E-state index >= 15 is 0 Å². The molecule has 0 unspecified atom stereocenters. The van der Waals surface area contributed by atoms with Crippen molar-refractivity contribution >= 4 is 15.7 Å². The molecule has 0 spiro atoms. The van der Waals surface area contributed by atoms with E-state index < -0.39 is 38.2 Å². The van der Waals surface area contributed by atoms with Gasteiger partial charge in [-0.05, 0) is 23.8 Å². The smallest absolute Gasteiger partial charge is 0.279 e. The molecule has 2 aromatic rings. The van der Waals surface area contributed by atoms with Crippen LogP contribution in [0.25, 0.3) is 0 Å². The molecule has 3 N–H and O–H groups in total. The molecule has 1 aromatic heterocycles. The summed E-state index contributed by atoms with van der Waals surface area (Å²) in [6.45, 7) is 0.179. The molecule has 0 aliphatic rings. The van der Waals surface area contributed by atoms with Crippen molar-refractivity contribution in [1.29, 1.82) is 0 Å². The first-order chi connectivity index (χ1) is 9.85. The van der Waals surface area contributed by atoms with Gasteiger partial charge in [0, 0.05) is 12.7 Å². The summed E-state index contributed by atoms with van der Waals surface area (Å²) >= 11 is 0. The molecule has 112 valence electrons. The highest BCUT2D eigenvalue weighted by Gasteiger charge is 2.20. The average molecular weight is 317 g/mol. The molecule has 0 saturated heterocycles. The van der Waals surface area contributed by atoms with Gasteiger partial charge in [-0.1, -0.05) is 6.07 Å². The predicted molar refractivity (Wildman–Crippen MR) is 69.3 cm³/mol. The number of pyridine rings is 1. The Hall–Kier alpha value is -2.13. The van der Waals surface area contributed by atoms with Crippen LogP contribution in [-0.2, 0) is 16.6 Å². The van der Waals surface area contributed by atoms with Gasteiger partial charge in [-0.15, -0.1) is 0 Å². The minimum absolute atomic E-state index is 0.179. The maximum absolute atomic E-state index is 13.4. The number of halogens is 3. The highest BCUT2D eigenvalue weighted by atomic mass is 32.2. The van der Waals surface area contributed by atoms with Crippen LogP contribution in [0.2, 0.25) is 0 Å². The number of sulfonamides is 1. The lowest BCUT2D eigenvalue weighted by Gasteiger charge is -2.09. The Morgan fingerprint density at radius 1 is 1.10 bits per heavy atom. The highest BCUT2D eigenvalue weighted by molar-refractivity contribution is 7.92. The number of aromatic nitrogens is 1. The monoisotopic (exact) mass is 317 g/mol. The lowest BCUT2D eigenvalue weighted by Crippen LogP contribution is -2.16. The molecular weight excluding hydrogens is 307 g/mol. The van der Waals surface area contributed by atoms with Gasteiger partial charge in [0.05, 0.1) is 5.69 Å². The van der Waals surface area contributed by atoms with E-state index in [9.17, 15) is 21.6 Å². The van der Waals surface area contributed by atoms with Gasteiger partial charge < -0.3 is 5.73 Å². The second-order valence-corrected chi connectivity index (χ2v) is 5.67. The van der Waals surface area contributed by atoms with Crippen LogP contribution in [0.4, 0.5) is 18.9 Å². The molecule has 1 aromatic carbocycles. The van der Waals surface area contributed by atoms with E-state index in [1.807, 2.05) is 0 Å². The van der Waals surface area contributed by atoms with Gasteiger partial charge in [-0.2, -0.15) is 8.42 Å². The fourth-order valence-corrected chi connectivity index (χ4v) is 2.48. The quantitative estimate of drug-likeness (QED) is 0.842. The van der Waals surface area contributed by atoms with Gasteiger partial charge in [0.1, 0.15) is 0 Å². The van der Waals surface area contributed by atoms with Gasteiger partial charge in [0.25, 0.3) is 10.0 Å². The number of anilines is 1. The minimum atomic E-state index is -4.22. The van der Waals surface area contributed by atoms with E-state index in [0.29, 0.717) is 11.6 Å². The van der Waals surface area contributed by atoms with Crippen molar-refractivity contribution in [2.75, 3.05) is 4.72 Å². The third-order valence-corrected chi connectivity index (χ3v) is 3.87. The maximum Gasteiger partial charge on any atom is 0.279 e. The summed E-state index contributed by atoms with van der Waals surface area (Å²) in [6, 6.07) is 3.99. The topological polar surface area (TPSA) is 85.1 Å². The molecule has 0 aliphatic heterocycles. The summed E-state index contributed by atoms with van der Waals surface area (Å²) in [4.78, 5) is 3.67. The van der Waals surface area contributed by atoms with E-state index in [1.54, 1.807) is 4.72 Å². The van der Waals surface area contributed by atoms with Crippen LogP contribution in [-0.4, -0.2) is 13.4 Å². The number of rotatable bonds is 4. The zero-order chi connectivity index (χ0) is 15.6. The van der Waals surface area contributed by atoms with Gasteiger partial charge in [0.2, 0.25) is 0 Å². The van der Waals surface area contributed by atoms with Crippen LogP contribution in [0.1, 0.15) is 5.56 Å². The molecule has 0 saturated carbocycles. The van der Waals surface area contributed by atoms with E-state index in [4.69, 9.17) is 5.73 Å². The second-order valence-electron chi connectivity index (χ2n) is 4.04. The van der Waals surface area contributed by atoms with Crippen LogP contribution in [0.3, 0.4) is 0 Å². The largest absolute Gasteiger partial charge is 0.326 e. The van der Waals surface area contributed by atoms with Crippen molar-refractivity contribution in [3.05, 3.63) is 53.5 Å². The summed E-state index contributed by atoms with van der Waals surface area (Å²) < 4.78 is 65.0. The number of hydrogen-bond acceptors (Lipinski definition) is 4. The van der Waals surface area contributed by atoms with Gasteiger partial charge in [-0.3, -0.25) is 4.72 Å². The van der Waals surface area contributed by atoms with Crippen LogP contribution in [0.5, 0.6) is 0 Å². The van der Waals surface area contributed by atoms with Crippen molar-refractivity contribution in [2.45, 2.75) is 11.6 Å². The molecule has 0 bridgehead atoms. The Morgan fingerprint density at radius 2 is 1.81 bits per heavy atom. The predicted octanol–water partition coefficient (Wildman–Crippen LogP) is 1.76. The van der Waals surface area contributed by atoms with Gasteiger partial charge in [0.15, 0.2) is 22.5 Å². The number of nitrogens with two attached hydrogens (primary N) is 1. The number of benzene rings is 1.